The Morgan fingerprint density at radius 3 is 3.14 bits per heavy atom. The molecular formula is C16H20N4O. The van der Waals surface area contributed by atoms with E-state index in [-0.39, 0.29) is 11.9 Å². The van der Waals surface area contributed by atoms with E-state index in [9.17, 15) is 4.79 Å². The van der Waals surface area contributed by atoms with E-state index in [0.29, 0.717) is 0 Å². The maximum Gasteiger partial charge on any atom is 0.217 e. The fourth-order valence-electron chi connectivity index (χ4n) is 3.00. The van der Waals surface area contributed by atoms with Gasteiger partial charge in [0, 0.05) is 49.9 Å². The van der Waals surface area contributed by atoms with Gasteiger partial charge < -0.3 is 11.1 Å². The molecule has 1 atom stereocenters. The van der Waals surface area contributed by atoms with Gasteiger partial charge in [-0.05, 0) is 30.2 Å². The number of fused-ring (bicyclic) bond motifs is 1. The molecule has 5 nitrogen and oxygen atoms in total. The Labute approximate surface area is 124 Å². The van der Waals surface area contributed by atoms with Crippen LogP contribution in [0.2, 0.25) is 0 Å². The van der Waals surface area contributed by atoms with Crippen LogP contribution >= 0.6 is 0 Å². The number of nitrogen functional groups attached to an aromatic ring is 1. The Morgan fingerprint density at radius 1 is 1.48 bits per heavy atom. The highest BCUT2D eigenvalue weighted by molar-refractivity contribution is 5.92. The third kappa shape index (κ3) is 2.97. The summed E-state index contributed by atoms with van der Waals surface area (Å²) in [5.41, 5.74) is 8.93. The number of hydrogen-bond acceptors (Lipinski definition) is 4. The Balaban J connectivity index is 1.77. The van der Waals surface area contributed by atoms with Crippen LogP contribution in [0, 0.1) is 0 Å². The zero-order chi connectivity index (χ0) is 14.8. The van der Waals surface area contributed by atoms with Gasteiger partial charge in [0.2, 0.25) is 5.91 Å². The quantitative estimate of drug-likeness (QED) is 0.839. The number of benzene rings is 1. The molecule has 110 valence electrons. The van der Waals surface area contributed by atoms with E-state index in [0.717, 1.165) is 42.6 Å². The van der Waals surface area contributed by atoms with E-state index >= 15 is 0 Å². The van der Waals surface area contributed by atoms with Crippen LogP contribution in [0.1, 0.15) is 18.9 Å². The number of carbonyl (C=O) groups excluding carboxylic acids is 1. The smallest absolute Gasteiger partial charge is 0.217 e. The second-order valence-corrected chi connectivity index (χ2v) is 5.63. The number of rotatable bonds is 3. The number of carbonyl (C=O) groups is 1. The minimum Gasteiger partial charge on any atom is -0.398 e. The number of aromatic nitrogens is 1. The number of anilines is 1. The van der Waals surface area contributed by atoms with Gasteiger partial charge in [0.25, 0.3) is 0 Å². The molecule has 3 N–H and O–H groups in total. The van der Waals surface area contributed by atoms with Gasteiger partial charge in [-0.25, -0.2) is 0 Å². The summed E-state index contributed by atoms with van der Waals surface area (Å²) in [6.45, 7) is 4.28. The van der Waals surface area contributed by atoms with E-state index in [4.69, 9.17) is 5.73 Å². The van der Waals surface area contributed by atoms with Crippen molar-refractivity contribution in [3.8, 4) is 0 Å². The Hall–Kier alpha value is -2.14. The number of nitrogens with one attached hydrogen (secondary N) is 1. The molecule has 2 heterocycles. The summed E-state index contributed by atoms with van der Waals surface area (Å²) in [5, 5.41) is 3.99. The van der Waals surface area contributed by atoms with E-state index in [1.54, 1.807) is 13.1 Å². The van der Waals surface area contributed by atoms with Gasteiger partial charge >= 0.3 is 0 Å². The topological polar surface area (TPSA) is 71.2 Å². The first-order chi connectivity index (χ1) is 10.1. The third-order valence-electron chi connectivity index (χ3n) is 3.96. The normalized spacial score (nSPS) is 19.0. The number of nitrogens with zero attached hydrogens (tertiary/aromatic N) is 2. The van der Waals surface area contributed by atoms with Crippen molar-refractivity contribution in [2.75, 3.05) is 18.8 Å². The fraction of sp³-hybridized carbons (Fsp3) is 0.375. The lowest BCUT2D eigenvalue weighted by molar-refractivity contribution is -0.119. The molecule has 0 spiro atoms. The van der Waals surface area contributed by atoms with Crippen LogP contribution in [0.25, 0.3) is 10.9 Å². The van der Waals surface area contributed by atoms with Crippen molar-refractivity contribution in [1.82, 2.24) is 15.2 Å². The molecule has 21 heavy (non-hydrogen) atoms. The summed E-state index contributed by atoms with van der Waals surface area (Å²) >= 11 is 0. The molecule has 1 aliphatic heterocycles. The molecule has 1 saturated heterocycles. The van der Waals surface area contributed by atoms with E-state index in [2.05, 4.69) is 21.3 Å². The van der Waals surface area contributed by atoms with Gasteiger partial charge in [0.1, 0.15) is 0 Å². The van der Waals surface area contributed by atoms with E-state index in [1.165, 1.54) is 5.56 Å². The van der Waals surface area contributed by atoms with Gasteiger partial charge in [0.05, 0.1) is 5.52 Å². The number of nitrogens with two attached hydrogens (primary N) is 1. The van der Waals surface area contributed by atoms with Crippen molar-refractivity contribution < 1.29 is 4.79 Å². The van der Waals surface area contributed by atoms with Gasteiger partial charge in [-0.3, -0.25) is 14.7 Å². The van der Waals surface area contributed by atoms with Gasteiger partial charge in [-0.15, -0.1) is 0 Å². The SMILES string of the molecule is CC(=O)NC1CCN(Cc2ccc(N)c3cccnc23)C1. The van der Waals surface area contributed by atoms with Crippen molar-refractivity contribution >= 4 is 22.5 Å². The largest absolute Gasteiger partial charge is 0.398 e. The zero-order valence-electron chi connectivity index (χ0n) is 12.2. The van der Waals surface area contributed by atoms with Crippen molar-refractivity contribution in [2.24, 2.45) is 0 Å². The van der Waals surface area contributed by atoms with Crippen molar-refractivity contribution in [1.29, 1.82) is 0 Å². The highest BCUT2D eigenvalue weighted by atomic mass is 16.1. The van der Waals surface area contributed by atoms with Crippen LogP contribution in [0.3, 0.4) is 0 Å². The van der Waals surface area contributed by atoms with Crippen LogP contribution in [0.5, 0.6) is 0 Å². The van der Waals surface area contributed by atoms with Crippen LogP contribution in [0.4, 0.5) is 5.69 Å². The Kier molecular flexibility index (Phi) is 3.75. The second-order valence-electron chi connectivity index (χ2n) is 5.63. The lowest BCUT2D eigenvalue weighted by Crippen LogP contribution is -2.35. The van der Waals surface area contributed by atoms with Crippen molar-refractivity contribution in [2.45, 2.75) is 25.9 Å². The maximum atomic E-state index is 11.1. The third-order valence-corrected chi connectivity index (χ3v) is 3.96. The molecule has 2 aromatic rings. The molecule has 1 aliphatic rings. The van der Waals surface area contributed by atoms with E-state index < -0.39 is 0 Å². The first kappa shape index (κ1) is 13.8. The second kappa shape index (κ2) is 5.69. The molecule has 0 bridgehead atoms. The van der Waals surface area contributed by atoms with Gasteiger partial charge in [0.15, 0.2) is 0 Å². The highest BCUT2D eigenvalue weighted by Gasteiger charge is 2.23. The summed E-state index contributed by atoms with van der Waals surface area (Å²) in [5.74, 6) is 0.0430. The average molecular weight is 284 g/mol. The summed E-state index contributed by atoms with van der Waals surface area (Å²) in [6, 6.07) is 8.17. The molecule has 1 aromatic carbocycles. The zero-order valence-corrected chi connectivity index (χ0v) is 12.2. The van der Waals surface area contributed by atoms with Crippen molar-refractivity contribution in [3.63, 3.8) is 0 Å². The highest BCUT2D eigenvalue weighted by Crippen LogP contribution is 2.24. The molecule has 0 aliphatic carbocycles. The predicted octanol–water partition coefficient (Wildman–Crippen LogP) is 1.53. The predicted molar refractivity (Wildman–Crippen MR) is 83.7 cm³/mol. The maximum absolute atomic E-state index is 11.1. The molecule has 0 saturated carbocycles. The molecule has 1 fully saturated rings. The Bertz CT molecular complexity index is 670. The first-order valence-electron chi connectivity index (χ1n) is 7.25. The minimum absolute atomic E-state index is 0.0430. The van der Waals surface area contributed by atoms with E-state index in [1.807, 2.05) is 18.2 Å². The minimum atomic E-state index is 0.0430. The molecule has 1 amide bonds. The lowest BCUT2D eigenvalue weighted by Gasteiger charge is -2.17. The number of pyridine rings is 1. The summed E-state index contributed by atoms with van der Waals surface area (Å²) in [4.78, 5) is 17.9. The molecule has 5 heteroatoms. The summed E-state index contributed by atoms with van der Waals surface area (Å²) in [6.07, 6.45) is 2.80. The molecule has 0 radical (unpaired) electrons. The molecule has 1 unspecified atom stereocenters. The van der Waals surface area contributed by atoms with Crippen LogP contribution in [-0.4, -0.2) is 34.9 Å². The van der Waals surface area contributed by atoms with Crippen LogP contribution < -0.4 is 11.1 Å². The number of likely N-dealkylation sites (tertiary alicyclic amines) is 1. The monoisotopic (exact) mass is 284 g/mol. The molecule has 1 aromatic heterocycles. The fourth-order valence-corrected chi connectivity index (χ4v) is 3.00. The Morgan fingerprint density at radius 2 is 2.33 bits per heavy atom. The van der Waals surface area contributed by atoms with Crippen molar-refractivity contribution in [3.05, 3.63) is 36.0 Å². The van der Waals surface area contributed by atoms with Crippen LogP contribution in [-0.2, 0) is 11.3 Å². The van der Waals surface area contributed by atoms with Crippen LogP contribution in [0.15, 0.2) is 30.5 Å². The average Bonchev–Trinajstić information content (AvgIpc) is 2.89. The number of amides is 1. The molecular weight excluding hydrogens is 264 g/mol. The lowest BCUT2D eigenvalue weighted by atomic mass is 10.1. The van der Waals surface area contributed by atoms with Gasteiger partial charge in [-0.2, -0.15) is 0 Å². The number of hydrogen-bond donors (Lipinski definition) is 2. The summed E-state index contributed by atoms with van der Waals surface area (Å²) < 4.78 is 0. The van der Waals surface area contributed by atoms with Gasteiger partial charge in [-0.1, -0.05) is 6.07 Å². The summed E-state index contributed by atoms with van der Waals surface area (Å²) in [7, 11) is 0. The molecule has 3 rings (SSSR count). The standard InChI is InChI=1S/C16H20N4O/c1-11(21)19-13-6-8-20(10-13)9-12-4-5-15(17)14-3-2-7-18-16(12)14/h2-5,7,13H,6,8-10,17H2,1H3,(H,19,21). The first-order valence-corrected chi connectivity index (χ1v) is 7.25.